The van der Waals surface area contributed by atoms with Crippen molar-refractivity contribution in [2.24, 2.45) is 4.99 Å². The topological polar surface area (TPSA) is 39.7 Å². The van der Waals surface area contributed by atoms with E-state index in [1.54, 1.807) is 0 Å². The van der Waals surface area contributed by atoms with Gasteiger partial charge in [0.1, 0.15) is 0 Å². The van der Waals surface area contributed by atoms with E-state index < -0.39 is 0 Å². The van der Waals surface area contributed by atoms with Crippen molar-refractivity contribution < 1.29 is 0 Å². The number of hydrogen-bond donors (Lipinski definition) is 2. The first-order chi connectivity index (χ1) is 12.7. The minimum atomic E-state index is 0. The van der Waals surface area contributed by atoms with Crippen molar-refractivity contribution in [3.05, 3.63) is 77.4 Å². The summed E-state index contributed by atoms with van der Waals surface area (Å²) in [6.45, 7) is 8.46. The molecule has 2 aromatic rings. The summed E-state index contributed by atoms with van der Waals surface area (Å²) in [6, 6.07) is 17.2. The van der Waals surface area contributed by atoms with Crippen molar-refractivity contribution in [1.82, 2.24) is 10.6 Å². The van der Waals surface area contributed by atoms with E-state index in [9.17, 15) is 0 Å². The zero-order chi connectivity index (χ0) is 18.2. The maximum atomic E-state index is 4.74. The Morgan fingerprint density at radius 1 is 1.00 bits per heavy atom. The van der Waals surface area contributed by atoms with Gasteiger partial charge in [-0.1, -0.05) is 54.1 Å². The number of anilines is 1. The third-order valence-corrected chi connectivity index (χ3v) is 4.44. The molecule has 0 aliphatic carbocycles. The van der Waals surface area contributed by atoms with E-state index in [4.69, 9.17) is 4.99 Å². The first-order valence-corrected chi connectivity index (χ1v) is 9.31. The van der Waals surface area contributed by atoms with Crippen LogP contribution < -0.4 is 15.5 Å². The Kier molecular flexibility index (Phi) is 8.64. The molecule has 0 radical (unpaired) electrons. The lowest BCUT2D eigenvalue weighted by Crippen LogP contribution is -2.36. The number of benzene rings is 2. The van der Waals surface area contributed by atoms with Crippen LogP contribution >= 0.6 is 24.0 Å². The average Bonchev–Trinajstić information content (AvgIpc) is 3.20. The van der Waals surface area contributed by atoms with Crippen molar-refractivity contribution in [3.8, 4) is 0 Å². The van der Waals surface area contributed by atoms with Gasteiger partial charge in [-0.05, 0) is 37.1 Å². The van der Waals surface area contributed by atoms with Gasteiger partial charge in [0, 0.05) is 31.9 Å². The highest BCUT2D eigenvalue weighted by atomic mass is 127. The number of nitrogens with zero attached hydrogens (tertiary/aromatic N) is 2. The Labute approximate surface area is 179 Å². The van der Waals surface area contributed by atoms with Crippen molar-refractivity contribution >= 4 is 35.6 Å². The monoisotopic (exact) mass is 476 g/mol. The molecule has 1 aliphatic heterocycles. The van der Waals surface area contributed by atoms with Gasteiger partial charge in [-0.2, -0.15) is 0 Å². The van der Waals surface area contributed by atoms with Gasteiger partial charge in [0.15, 0.2) is 5.96 Å². The van der Waals surface area contributed by atoms with Gasteiger partial charge in [0.05, 0.1) is 6.54 Å². The fourth-order valence-corrected chi connectivity index (χ4v) is 2.94. The summed E-state index contributed by atoms with van der Waals surface area (Å²) in [7, 11) is 0. The Morgan fingerprint density at radius 3 is 2.44 bits per heavy atom. The summed E-state index contributed by atoms with van der Waals surface area (Å²) in [5, 5.41) is 6.74. The fraction of sp³-hybridized carbons (Fsp3) is 0.318. The third-order valence-electron chi connectivity index (χ3n) is 4.44. The standard InChI is InChI=1S/C22H28N4.HI/c1-3-23-22(24-16-19-11-9-18(2)10-12-19)25-17-20-7-6-8-21(15-20)26-13-4-5-14-26;/h4-12,15H,3,13-14,16-17H2,1-2H3,(H2,23,24,25);1H. The van der Waals surface area contributed by atoms with Crippen LogP contribution in [0, 0.1) is 6.92 Å². The van der Waals surface area contributed by atoms with Gasteiger partial charge < -0.3 is 15.5 Å². The Balaban J connectivity index is 0.00000261. The second kappa shape index (κ2) is 11.0. The number of halogens is 1. The molecule has 0 aromatic heterocycles. The molecule has 0 saturated carbocycles. The molecule has 5 heteroatoms. The quantitative estimate of drug-likeness (QED) is 0.284. The first-order valence-electron chi connectivity index (χ1n) is 9.31. The van der Waals surface area contributed by atoms with Gasteiger partial charge in [-0.15, -0.1) is 24.0 Å². The van der Waals surface area contributed by atoms with Crippen molar-refractivity contribution in [1.29, 1.82) is 0 Å². The van der Waals surface area contributed by atoms with E-state index >= 15 is 0 Å². The molecule has 0 unspecified atom stereocenters. The fourth-order valence-electron chi connectivity index (χ4n) is 2.94. The summed E-state index contributed by atoms with van der Waals surface area (Å²) >= 11 is 0. The van der Waals surface area contributed by atoms with E-state index in [2.05, 4.69) is 90.1 Å². The number of rotatable bonds is 6. The summed E-state index contributed by atoms with van der Waals surface area (Å²) in [5.74, 6) is 0.848. The maximum Gasteiger partial charge on any atom is 0.191 e. The van der Waals surface area contributed by atoms with Crippen LogP contribution in [0.4, 0.5) is 5.69 Å². The lowest BCUT2D eigenvalue weighted by atomic mass is 10.1. The minimum absolute atomic E-state index is 0. The molecular formula is C22H29IN4. The van der Waals surface area contributed by atoms with Crippen LogP contribution in [0.1, 0.15) is 23.6 Å². The Morgan fingerprint density at radius 2 is 1.74 bits per heavy atom. The number of hydrogen-bond acceptors (Lipinski definition) is 2. The molecule has 2 N–H and O–H groups in total. The van der Waals surface area contributed by atoms with E-state index in [-0.39, 0.29) is 24.0 Å². The molecule has 144 valence electrons. The molecular weight excluding hydrogens is 447 g/mol. The smallest absolute Gasteiger partial charge is 0.191 e. The largest absolute Gasteiger partial charge is 0.364 e. The lowest BCUT2D eigenvalue weighted by molar-refractivity contribution is 0.816. The summed E-state index contributed by atoms with van der Waals surface area (Å²) < 4.78 is 0. The van der Waals surface area contributed by atoms with Gasteiger partial charge in [0.25, 0.3) is 0 Å². The van der Waals surface area contributed by atoms with E-state index in [1.807, 2.05) is 0 Å². The van der Waals surface area contributed by atoms with Crippen LogP contribution in [0.3, 0.4) is 0 Å². The predicted octanol–water partition coefficient (Wildman–Crippen LogP) is 4.24. The molecule has 0 spiro atoms. The summed E-state index contributed by atoms with van der Waals surface area (Å²) in [6.07, 6.45) is 4.42. The van der Waals surface area contributed by atoms with Crippen LogP contribution in [-0.4, -0.2) is 25.6 Å². The highest BCUT2D eigenvalue weighted by Crippen LogP contribution is 2.18. The number of nitrogens with one attached hydrogen (secondary N) is 2. The SMILES string of the molecule is CCNC(=NCc1cccc(N2CC=CC2)c1)NCc1ccc(C)cc1.I. The van der Waals surface area contributed by atoms with Crippen LogP contribution in [0.2, 0.25) is 0 Å². The van der Waals surface area contributed by atoms with E-state index in [1.165, 1.54) is 22.4 Å². The molecule has 2 aromatic carbocycles. The predicted molar refractivity (Wildman–Crippen MR) is 126 cm³/mol. The van der Waals surface area contributed by atoms with Gasteiger partial charge in [-0.25, -0.2) is 4.99 Å². The normalized spacial score (nSPS) is 13.4. The summed E-state index contributed by atoms with van der Waals surface area (Å²) in [5.41, 5.74) is 5.02. The second-order valence-corrected chi connectivity index (χ2v) is 6.58. The Bertz CT molecular complexity index is 760. The van der Waals surface area contributed by atoms with Crippen LogP contribution in [0.15, 0.2) is 65.7 Å². The van der Waals surface area contributed by atoms with Crippen LogP contribution in [0.25, 0.3) is 0 Å². The highest BCUT2D eigenvalue weighted by Gasteiger charge is 2.07. The molecule has 4 nitrogen and oxygen atoms in total. The maximum absolute atomic E-state index is 4.74. The van der Waals surface area contributed by atoms with Crippen molar-refractivity contribution in [2.45, 2.75) is 26.9 Å². The van der Waals surface area contributed by atoms with E-state index in [0.717, 1.165) is 32.1 Å². The molecule has 1 heterocycles. The second-order valence-electron chi connectivity index (χ2n) is 6.58. The third kappa shape index (κ3) is 6.57. The van der Waals surface area contributed by atoms with Gasteiger partial charge in [-0.3, -0.25) is 0 Å². The number of aliphatic imine (C=N–C) groups is 1. The summed E-state index contributed by atoms with van der Waals surface area (Å²) in [4.78, 5) is 7.10. The molecule has 1 aliphatic rings. The lowest BCUT2D eigenvalue weighted by Gasteiger charge is -2.18. The molecule has 0 atom stereocenters. The molecule has 0 bridgehead atoms. The van der Waals surface area contributed by atoms with Crippen LogP contribution in [0.5, 0.6) is 0 Å². The molecule has 0 saturated heterocycles. The first kappa shape index (κ1) is 21.3. The highest BCUT2D eigenvalue weighted by molar-refractivity contribution is 14.0. The zero-order valence-corrected chi connectivity index (χ0v) is 18.4. The van der Waals surface area contributed by atoms with Crippen LogP contribution in [-0.2, 0) is 13.1 Å². The molecule has 27 heavy (non-hydrogen) atoms. The number of guanidine groups is 1. The zero-order valence-electron chi connectivity index (χ0n) is 16.1. The van der Waals surface area contributed by atoms with Gasteiger partial charge >= 0.3 is 0 Å². The molecule has 3 rings (SSSR count). The van der Waals surface area contributed by atoms with Gasteiger partial charge in [0.2, 0.25) is 0 Å². The number of aryl methyl sites for hydroxylation is 1. The van der Waals surface area contributed by atoms with Crippen molar-refractivity contribution in [3.63, 3.8) is 0 Å². The van der Waals surface area contributed by atoms with Crippen molar-refractivity contribution in [2.75, 3.05) is 24.5 Å². The average molecular weight is 476 g/mol. The Hall–Kier alpha value is -2.02. The molecule has 0 fully saturated rings. The molecule has 0 amide bonds. The van der Waals surface area contributed by atoms with E-state index in [0.29, 0.717) is 6.54 Å². The minimum Gasteiger partial charge on any atom is -0.364 e.